The van der Waals surface area contributed by atoms with E-state index in [0.717, 1.165) is 38.7 Å². The molecule has 0 bridgehead atoms. The van der Waals surface area contributed by atoms with Gasteiger partial charge in [-0.1, -0.05) is 53.7 Å². The predicted molar refractivity (Wildman–Crippen MR) is 143 cm³/mol. The van der Waals surface area contributed by atoms with Gasteiger partial charge in [-0.2, -0.15) is 4.68 Å². The maximum absolute atomic E-state index is 6.07. The summed E-state index contributed by atoms with van der Waals surface area (Å²) in [7, 11) is 0. The monoisotopic (exact) mass is 573 g/mol. The van der Waals surface area contributed by atoms with Crippen molar-refractivity contribution in [3.05, 3.63) is 87.4 Å². The fourth-order valence-corrected chi connectivity index (χ4v) is 4.83. The van der Waals surface area contributed by atoms with Crippen LogP contribution < -0.4 is 14.8 Å². The topological polar surface area (TPSA) is 74.1 Å². The molecule has 0 fully saturated rings. The highest BCUT2D eigenvalue weighted by Gasteiger charge is 2.13. The molecule has 0 saturated carbocycles. The van der Waals surface area contributed by atoms with Crippen LogP contribution in [-0.4, -0.2) is 39.1 Å². The molecule has 182 valence electrons. The number of ether oxygens (including phenoxy) is 2. The van der Waals surface area contributed by atoms with Crippen molar-refractivity contribution in [1.82, 2.24) is 25.5 Å². The first kappa shape index (κ1) is 25.5. The first-order valence-electron chi connectivity index (χ1n) is 11.1. The van der Waals surface area contributed by atoms with Gasteiger partial charge in [0.05, 0.1) is 16.8 Å². The van der Waals surface area contributed by atoms with Crippen molar-refractivity contribution < 1.29 is 9.47 Å². The number of hydrogen-bond donors (Lipinski definition) is 1. The Balaban J connectivity index is 1.31. The number of halogens is 2. The van der Waals surface area contributed by atoms with E-state index in [1.807, 2.05) is 67.6 Å². The van der Waals surface area contributed by atoms with Crippen LogP contribution in [0.25, 0.3) is 5.69 Å². The van der Waals surface area contributed by atoms with E-state index in [1.54, 1.807) is 16.4 Å². The van der Waals surface area contributed by atoms with E-state index >= 15 is 0 Å². The van der Waals surface area contributed by atoms with Gasteiger partial charge in [0.15, 0.2) is 11.5 Å². The lowest BCUT2D eigenvalue weighted by molar-refractivity contribution is 0.267. The Hall–Kier alpha value is -2.59. The highest BCUT2D eigenvalue weighted by atomic mass is 79.9. The molecule has 0 spiro atoms. The van der Waals surface area contributed by atoms with Gasteiger partial charge in [0, 0.05) is 23.9 Å². The number of nitrogens with one attached hydrogen (secondary N) is 1. The molecule has 0 atom stereocenters. The summed E-state index contributed by atoms with van der Waals surface area (Å²) in [4.78, 5) is 0. The Kier molecular flexibility index (Phi) is 9.42. The molecule has 0 radical (unpaired) electrons. The zero-order valence-electron chi connectivity index (χ0n) is 19.2. The Morgan fingerprint density at radius 3 is 2.60 bits per heavy atom. The standard InChI is InChI=1S/C25H25BrClN5O2S/c1-2-33-23-15-19(14-22(26)24(23)34-17-18-8-10-20(27)11-9-18)16-28-12-13-35-25-29-30-31-32(25)21-6-4-3-5-7-21/h3-11,14-15,28H,2,12-13,16-17H2,1H3. The summed E-state index contributed by atoms with van der Waals surface area (Å²) in [6, 6.07) is 21.5. The minimum atomic E-state index is 0.424. The molecule has 0 aliphatic rings. The van der Waals surface area contributed by atoms with Gasteiger partial charge in [0.25, 0.3) is 0 Å². The number of tetrazole rings is 1. The second kappa shape index (κ2) is 12.9. The molecule has 1 heterocycles. The van der Waals surface area contributed by atoms with Crippen molar-refractivity contribution in [1.29, 1.82) is 0 Å². The molecule has 0 amide bonds. The Bertz CT molecular complexity index is 1220. The van der Waals surface area contributed by atoms with Crippen LogP contribution in [-0.2, 0) is 13.2 Å². The van der Waals surface area contributed by atoms with Crippen LogP contribution in [0.5, 0.6) is 11.5 Å². The molecule has 4 aromatic rings. The first-order valence-corrected chi connectivity index (χ1v) is 13.3. The third-order valence-electron chi connectivity index (χ3n) is 4.95. The number of nitrogens with zero attached hydrogens (tertiary/aromatic N) is 4. The quantitative estimate of drug-likeness (QED) is 0.166. The highest BCUT2D eigenvalue weighted by molar-refractivity contribution is 9.10. The number of benzene rings is 3. The fraction of sp³-hybridized carbons (Fsp3) is 0.240. The minimum absolute atomic E-state index is 0.424. The van der Waals surface area contributed by atoms with E-state index in [2.05, 4.69) is 42.8 Å². The Labute approximate surface area is 222 Å². The van der Waals surface area contributed by atoms with Gasteiger partial charge in [0.2, 0.25) is 5.16 Å². The number of para-hydroxylation sites is 1. The Morgan fingerprint density at radius 2 is 1.83 bits per heavy atom. The van der Waals surface area contributed by atoms with Crippen LogP contribution in [0.4, 0.5) is 0 Å². The third kappa shape index (κ3) is 7.20. The van der Waals surface area contributed by atoms with Crippen molar-refractivity contribution in [3.8, 4) is 17.2 Å². The second-order valence-corrected chi connectivity index (χ2v) is 9.84. The van der Waals surface area contributed by atoms with Gasteiger partial charge in [-0.05, 0) is 80.8 Å². The second-order valence-electron chi connectivity index (χ2n) is 7.49. The largest absolute Gasteiger partial charge is 0.490 e. The summed E-state index contributed by atoms with van der Waals surface area (Å²) in [6.45, 7) is 4.42. The van der Waals surface area contributed by atoms with Crippen molar-refractivity contribution in [2.24, 2.45) is 0 Å². The number of rotatable bonds is 12. The van der Waals surface area contributed by atoms with Crippen molar-refractivity contribution in [2.75, 3.05) is 18.9 Å². The van der Waals surface area contributed by atoms with E-state index in [0.29, 0.717) is 36.3 Å². The molecule has 0 aliphatic heterocycles. The lowest BCUT2D eigenvalue weighted by atomic mass is 10.2. The van der Waals surface area contributed by atoms with Crippen LogP contribution in [0.1, 0.15) is 18.1 Å². The predicted octanol–water partition coefficient (Wildman–Crippen LogP) is 5.94. The van der Waals surface area contributed by atoms with Crippen LogP contribution in [0.15, 0.2) is 76.4 Å². The summed E-state index contributed by atoms with van der Waals surface area (Å²) in [6.07, 6.45) is 0. The summed E-state index contributed by atoms with van der Waals surface area (Å²) >= 11 is 11.2. The molecule has 0 aliphatic carbocycles. The summed E-state index contributed by atoms with van der Waals surface area (Å²) in [5.74, 6) is 2.23. The van der Waals surface area contributed by atoms with E-state index < -0.39 is 0 Å². The van der Waals surface area contributed by atoms with Crippen LogP contribution in [0.2, 0.25) is 5.02 Å². The molecule has 3 aromatic carbocycles. The van der Waals surface area contributed by atoms with Crippen LogP contribution in [0, 0.1) is 0 Å². The van der Waals surface area contributed by atoms with Gasteiger partial charge in [-0.15, -0.1) is 5.10 Å². The van der Waals surface area contributed by atoms with Crippen molar-refractivity contribution in [3.63, 3.8) is 0 Å². The molecule has 0 unspecified atom stereocenters. The number of aromatic nitrogens is 4. The maximum Gasteiger partial charge on any atom is 0.214 e. The molecule has 10 heteroatoms. The average Bonchev–Trinajstić information content (AvgIpc) is 3.34. The highest BCUT2D eigenvalue weighted by Crippen LogP contribution is 2.37. The third-order valence-corrected chi connectivity index (χ3v) is 6.71. The van der Waals surface area contributed by atoms with Crippen molar-refractivity contribution >= 4 is 39.3 Å². The molecule has 1 aromatic heterocycles. The molecule has 0 saturated heterocycles. The summed E-state index contributed by atoms with van der Waals surface area (Å²) < 4.78 is 14.5. The number of thioether (sulfide) groups is 1. The summed E-state index contributed by atoms with van der Waals surface area (Å²) in [5.41, 5.74) is 3.07. The van der Waals surface area contributed by atoms with E-state index in [4.69, 9.17) is 21.1 Å². The van der Waals surface area contributed by atoms with E-state index in [-0.39, 0.29) is 0 Å². The van der Waals surface area contributed by atoms with E-state index in [9.17, 15) is 0 Å². The lowest BCUT2D eigenvalue weighted by Crippen LogP contribution is -2.17. The zero-order valence-corrected chi connectivity index (χ0v) is 22.3. The van der Waals surface area contributed by atoms with Crippen LogP contribution >= 0.6 is 39.3 Å². The van der Waals surface area contributed by atoms with Gasteiger partial charge < -0.3 is 14.8 Å². The summed E-state index contributed by atoms with van der Waals surface area (Å²) in [5, 5.41) is 17.0. The molecule has 4 rings (SSSR count). The van der Waals surface area contributed by atoms with Crippen molar-refractivity contribution in [2.45, 2.75) is 25.2 Å². The maximum atomic E-state index is 6.07. The first-order chi connectivity index (χ1) is 17.1. The smallest absolute Gasteiger partial charge is 0.214 e. The average molecular weight is 575 g/mol. The fourth-order valence-electron chi connectivity index (χ4n) is 3.31. The lowest BCUT2D eigenvalue weighted by Gasteiger charge is -2.16. The molecule has 35 heavy (non-hydrogen) atoms. The van der Waals surface area contributed by atoms with Gasteiger partial charge >= 0.3 is 0 Å². The SMILES string of the molecule is CCOc1cc(CNCCSc2nnnn2-c2ccccc2)cc(Br)c1OCc1ccc(Cl)cc1. The Morgan fingerprint density at radius 1 is 1.03 bits per heavy atom. The molecular formula is C25H25BrClN5O2S. The minimum Gasteiger partial charge on any atom is -0.490 e. The molecule has 7 nitrogen and oxygen atoms in total. The van der Waals surface area contributed by atoms with Gasteiger partial charge in [-0.3, -0.25) is 0 Å². The molecular weight excluding hydrogens is 550 g/mol. The van der Waals surface area contributed by atoms with Crippen LogP contribution in [0.3, 0.4) is 0 Å². The molecule has 1 N–H and O–H groups in total. The number of hydrogen-bond acceptors (Lipinski definition) is 7. The van der Waals surface area contributed by atoms with E-state index in [1.165, 1.54) is 0 Å². The van der Waals surface area contributed by atoms with Gasteiger partial charge in [0.1, 0.15) is 6.61 Å². The van der Waals surface area contributed by atoms with Gasteiger partial charge in [-0.25, -0.2) is 0 Å². The zero-order chi connectivity index (χ0) is 24.5. The normalized spacial score (nSPS) is 10.9.